The van der Waals surface area contributed by atoms with Crippen molar-refractivity contribution in [1.82, 2.24) is 9.71 Å². The fourth-order valence-corrected chi connectivity index (χ4v) is 4.92. The first-order valence-corrected chi connectivity index (χ1v) is 11.5. The smallest absolute Gasteiger partial charge is 0.321 e. The van der Waals surface area contributed by atoms with Crippen LogP contribution in [0.1, 0.15) is 31.5 Å². The minimum atomic E-state index is -4.22. The summed E-state index contributed by atoms with van der Waals surface area (Å²) in [6.07, 6.45) is 6.60. The number of carboxylic acid groups (broad SMARTS) is 1. The number of nitrogens with zero attached hydrogens (tertiary/aromatic N) is 1. The van der Waals surface area contributed by atoms with Gasteiger partial charge >= 0.3 is 5.97 Å². The van der Waals surface area contributed by atoms with Crippen molar-refractivity contribution in [3.8, 4) is 0 Å². The van der Waals surface area contributed by atoms with Gasteiger partial charge < -0.3 is 9.84 Å². The van der Waals surface area contributed by atoms with Gasteiger partial charge in [0, 0.05) is 12.6 Å². The summed E-state index contributed by atoms with van der Waals surface area (Å²) in [6, 6.07) is 13.6. The third kappa shape index (κ3) is 5.28. The van der Waals surface area contributed by atoms with E-state index in [4.69, 9.17) is 4.74 Å². The molecule has 31 heavy (non-hydrogen) atoms. The first kappa shape index (κ1) is 22.9. The van der Waals surface area contributed by atoms with Crippen LogP contribution < -0.4 is 4.72 Å². The molecule has 2 atom stereocenters. The molecule has 0 fully saturated rings. The Morgan fingerprint density at radius 1 is 1.19 bits per heavy atom. The fourth-order valence-electron chi connectivity index (χ4n) is 3.25. The van der Waals surface area contributed by atoms with Gasteiger partial charge in [-0.25, -0.2) is 8.42 Å². The average molecular weight is 443 g/mol. The molecule has 8 heteroatoms. The molecule has 1 aliphatic rings. The van der Waals surface area contributed by atoms with Gasteiger partial charge in [0.2, 0.25) is 15.0 Å². The molecule has 0 amide bonds. The number of hydrogen-bond acceptors (Lipinski definition) is 5. The maximum atomic E-state index is 13.4. The molecule has 2 unspecified atom stereocenters. The lowest BCUT2D eigenvalue weighted by molar-refractivity contribution is -0.140. The first-order chi connectivity index (χ1) is 14.7. The topological polar surface area (TPSA) is 106 Å². The second-order valence-electron chi connectivity index (χ2n) is 7.67. The molecule has 7 nitrogen and oxygen atoms in total. The third-order valence-electron chi connectivity index (χ3n) is 5.09. The number of hydrogen-bond donors (Lipinski definition) is 2. The Labute approximate surface area is 182 Å². The number of carboxylic acids is 1. The lowest BCUT2D eigenvalue weighted by Gasteiger charge is -2.33. The Bertz CT molecular complexity index is 1070. The molecule has 0 spiro atoms. The van der Waals surface area contributed by atoms with E-state index >= 15 is 0 Å². The number of benzene rings is 1. The van der Waals surface area contributed by atoms with E-state index in [-0.39, 0.29) is 13.0 Å². The number of ether oxygens (including phenoxy) is 1. The van der Waals surface area contributed by atoms with Gasteiger partial charge in [0.25, 0.3) is 0 Å². The number of sulfonamides is 1. The molecule has 164 valence electrons. The molecule has 1 aromatic heterocycles. The predicted octanol–water partition coefficient (Wildman–Crippen LogP) is 3.37. The van der Waals surface area contributed by atoms with Crippen LogP contribution in [0.4, 0.5) is 0 Å². The van der Waals surface area contributed by atoms with E-state index in [1.54, 1.807) is 50.4 Å². The van der Waals surface area contributed by atoms with E-state index in [9.17, 15) is 18.3 Å². The van der Waals surface area contributed by atoms with Crippen LogP contribution in [0.15, 0.2) is 73.0 Å². The quantitative estimate of drug-likeness (QED) is 0.617. The van der Waals surface area contributed by atoms with Gasteiger partial charge in [0.1, 0.15) is 6.04 Å². The average Bonchev–Trinajstić information content (AvgIpc) is 2.77. The predicted molar refractivity (Wildman–Crippen MR) is 118 cm³/mol. The minimum Gasteiger partial charge on any atom is -0.480 e. The van der Waals surface area contributed by atoms with Crippen LogP contribution in [0.5, 0.6) is 0 Å². The van der Waals surface area contributed by atoms with Crippen molar-refractivity contribution in [3.63, 3.8) is 0 Å². The lowest BCUT2D eigenvalue weighted by Crippen LogP contribution is -2.54. The molecular weight excluding hydrogens is 416 g/mol. The highest BCUT2D eigenvalue weighted by Crippen LogP contribution is 2.34. The largest absolute Gasteiger partial charge is 0.480 e. The van der Waals surface area contributed by atoms with Crippen LogP contribution in [-0.4, -0.2) is 35.5 Å². The standard InChI is InChI=1S/C23H26N2O5S/c1-17(2)21(22(26)27)25-31(28,29)23(30-16-20-10-6-7-15-24-20)13-11-19(12-14-23)18-8-4-3-5-9-18/h3-13,15,17,21,25H,14,16H2,1-2H3,(H,26,27). The van der Waals surface area contributed by atoms with E-state index in [1.165, 1.54) is 6.08 Å². The van der Waals surface area contributed by atoms with Crippen molar-refractivity contribution in [1.29, 1.82) is 0 Å². The zero-order valence-electron chi connectivity index (χ0n) is 17.4. The van der Waals surface area contributed by atoms with E-state index in [1.807, 2.05) is 30.3 Å². The number of allylic oxidation sites excluding steroid dienone is 2. The molecule has 1 heterocycles. The molecule has 0 radical (unpaired) electrons. The molecule has 1 aliphatic carbocycles. The molecule has 0 saturated carbocycles. The summed E-state index contributed by atoms with van der Waals surface area (Å²) < 4.78 is 35.1. The molecule has 2 aromatic rings. The maximum Gasteiger partial charge on any atom is 0.321 e. The van der Waals surface area contributed by atoms with Gasteiger partial charge in [0.05, 0.1) is 12.3 Å². The molecule has 0 bridgehead atoms. The summed E-state index contributed by atoms with van der Waals surface area (Å²) in [5.74, 6) is -1.68. The van der Waals surface area contributed by atoms with Crippen molar-refractivity contribution in [2.24, 2.45) is 5.92 Å². The summed E-state index contributed by atoms with van der Waals surface area (Å²) in [5.41, 5.74) is 2.39. The van der Waals surface area contributed by atoms with Crippen molar-refractivity contribution in [2.75, 3.05) is 0 Å². The van der Waals surface area contributed by atoms with E-state index < -0.39 is 32.9 Å². The van der Waals surface area contributed by atoms with Crippen LogP contribution in [-0.2, 0) is 26.2 Å². The van der Waals surface area contributed by atoms with Crippen LogP contribution in [0.2, 0.25) is 0 Å². The first-order valence-electron chi connectivity index (χ1n) is 9.97. The molecule has 0 aliphatic heterocycles. The molecule has 1 aromatic carbocycles. The SMILES string of the molecule is CC(C)C(NS(=O)(=O)C1(OCc2ccccn2)C=CC(c2ccccc2)=CC1)C(=O)O. The normalized spacial score (nSPS) is 19.8. The van der Waals surface area contributed by atoms with E-state index in [2.05, 4.69) is 9.71 Å². The summed E-state index contributed by atoms with van der Waals surface area (Å²) in [6.45, 7) is 3.25. The van der Waals surface area contributed by atoms with E-state index in [0.29, 0.717) is 5.69 Å². The minimum absolute atomic E-state index is 0.0281. The van der Waals surface area contributed by atoms with Crippen molar-refractivity contribution in [3.05, 3.63) is 84.2 Å². The van der Waals surface area contributed by atoms with Crippen LogP contribution >= 0.6 is 0 Å². The van der Waals surface area contributed by atoms with Crippen molar-refractivity contribution < 1.29 is 23.1 Å². The van der Waals surface area contributed by atoms with E-state index in [0.717, 1.165) is 11.1 Å². The Kier molecular flexibility index (Phi) is 7.04. The number of aliphatic carboxylic acids is 1. The molecule has 2 N–H and O–H groups in total. The summed E-state index contributed by atoms with van der Waals surface area (Å²) in [4.78, 5) is 14.0. The number of carbonyl (C=O) groups is 1. The van der Waals surface area contributed by atoms with Gasteiger partial charge in [-0.15, -0.1) is 0 Å². The Balaban J connectivity index is 1.92. The number of pyridine rings is 1. The zero-order chi connectivity index (χ0) is 22.5. The highest BCUT2D eigenvalue weighted by atomic mass is 32.2. The second-order valence-corrected chi connectivity index (χ2v) is 9.60. The Morgan fingerprint density at radius 2 is 1.90 bits per heavy atom. The zero-order valence-corrected chi connectivity index (χ0v) is 18.2. The van der Waals surface area contributed by atoms with Gasteiger partial charge in [-0.1, -0.05) is 62.4 Å². The maximum absolute atomic E-state index is 13.4. The fraction of sp³-hybridized carbons (Fsp3) is 0.304. The molecule has 0 saturated heterocycles. The lowest BCUT2D eigenvalue weighted by atomic mass is 9.98. The highest BCUT2D eigenvalue weighted by Gasteiger charge is 2.46. The van der Waals surface area contributed by atoms with Gasteiger partial charge in [-0.05, 0) is 35.3 Å². The molecular formula is C23H26N2O5S. The van der Waals surface area contributed by atoms with Crippen LogP contribution in [0.25, 0.3) is 5.57 Å². The Morgan fingerprint density at radius 3 is 2.45 bits per heavy atom. The van der Waals surface area contributed by atoms with Crippen molar-refractivity contribution >= 4 is 21.6 Å². The van der Waals surface area contributed by atoms with Gasteiger partial charge in [-0.3, -0.25) is 9.78 Å². The summed E-state index contributed by atoms with van der Waals surface area (Å²) >= 11 is 0. The summed E-state index contributed by atoms with van der Waals surface area (Å²) in [7, 11) is -4.22. The number of rotatable bonds is 9. The van der Waals surface area contributed by atoms with Crippen LogP contribution in [0, 0.1) is 5.92 Å². The Hall–Kier alpha value is -2.81. The number of nitrogens with one attached hydrogen (secondary N) is 1. The van der Waals surface area contributed by atoms with Gasteiger partial charge in [0.15, 0.2) is 0 Å². The highest BCUT2D eigenvalue weighted by molar-refractivity contribution is 7.91. The monoisotopic (exact) mass is 442 g/mol. The van der Waals surface area contributed by atoms with Crippen LogP contribution in [0.3, 0.4) is 0 Å². The van der Waals surface area contributed by atoms with Crippen molar-refractivity contribution in [2.45, 2.75) is 37.9 Å². The van der Waals surface area contributed by atoms with Gasteiger partial charge in [-0.2, -0.15) is 4.72 Å². The third-order valence-corrected chi connectivity index (χ3v) is 6.99. The molecule has 3 rings (SSSR count). The summed E-state index contributed by atoms with van der Waals surface area (Å²) in [5, 5.41) is 9.48. The second kappa shape index (κ2) is 9.55. The number of aromatic nitrogens is 1.